The fraction of sp³-hybridized carbons (Fsp3) is 0.632. The minimum absolute atomic E-state index is 0.158. The van der Waals surface area contributed by atoms with Crippen molar-refractivity contribution >= 4 is 5.97 Å². The SMILES string of the molecule is [2H][C@@](O)(/C=C\C/C=C\CCCCC(=O)OC)/C=C\CCCCC. The Morgan fingerprint density at radius 3 is 2.50 bits per heavy atom. The minimum atomic E-state index is -1.61. The van der Waals surface area contributed by atoms with Crippen molar-refractivity contribution in [3.63, 3.8) is 0 Å². The van der Waals surface area contributed by atoms with Crippen LogP contribution in [0.25, 0.3) is 0 Å². The fourth-order valence-electron chi connectivity index (χ4n) is 1.89. The molecule has 0 heterocycles. The Labute approximate surface area is 137 Å². The van der Waals surface area contributed by atoms with Gasteiger partial charge in [0.1, 0.15) is 0 Å². The number of carbonyl (C=O) groups is 1. The highest BCUT2D eigenvalue weighted by molar-refractivity contribution is 5.68. The molecule has 0 fully saturated rings. The average molecular weight is 309 g/mol. The highest BCUT2D eigenvalue weighted by atomic mass is 16.5. The number of unbranched alkanes of at least 4 members (excludes halogenated alkanes) is 5. The van der Waals surface area contributed by atoms with Crippen LogP contribution in [0.15, 0.2) is 36.5 Å². The van der Waals surface area contributed by atoms with Crippen molar-refractivity contribution in [2.75, 3.05) is 7.11 Å². The molecule has 126 valence electrons. The van der Waals surface area contributed by atoms with Gasteiger partial charge in [-0.2, -0.15) is 0 Å². The van der Waals surface area contributed by atoms with Crippen molar-refractivity contribution in [2.24, 2.45) is 0 Å². The van der Waals surface area contributed by atoms with Crippen LogP contribution in [0.1, 0.15) is 66.1 Å². The molecule has 0 amide bonds. The molecule has 0 aliphatic carbocycles. The van der Waals surface area contributed by atoms with Gasteiger partial charge in [0.15, 0.2) is 0 Å². The second-order valence-electron chi connectivity index (χ2n) is 5.25. The first-order chi connectivity index (χ1) is 11.0. The van der Waals surface area contributed by atoms with Crippen molar-refractivity contribution in [3.8, 4) is 0 Å². The summed E-state index contributed by atoms with van der Waals surface area (Å²) in [5.74, 6) is -0.158. The quantitative estimate of drug-likeness (QED) is 0.304. The zero-order valence-corrected chi connectivity index (χ0v) is 14.1. The van der Waals surface area contributed by atoms with Crippen molar-refractivity contribution in [3.05, 3.63) is 36.5 Å². The summed E-state index contributed by atoms with van der Waals surface area (Å²) in [7, 11) is 1.41. The molecule has 0 bridgehead atoms. The molecular formula is C19H32O3. The lowest BCUT2D eigenvalue weighted by Gasteiger charge is -1.98. The number of hydrogen-bond acceptors (Lipinski definition) is 3. The molecule has 0 saturated carbocycles. The Balaban J connectivity index is 3.77. The van der Waals surface area contributed by atoms with Gasteiger partial charge in [-0.25, -0.2) is 0 Å². The van der Waals surface area contributed by atoms with Gasteiger partial charge in [-0.3, -0.25) is 4.79 Å². The molecule has 0 aliphatic heterocycles. The van der Waals surface area contributed by atoms with Crippen LogP contribution in [0, 0.1) is 0 Å². The molecule has 0 spiro atoms. The van der Waals surface area contributed by atoms with Gasteiger partial charge >= 0.3 is 5.97 Å². The zero-order chi connectivity index (χ0) is 17.4. The summed E-state index contributed by atoms with van der Waals surface area (Å²) in [6.45, 7) is 2.15. The molecule has 1 atom stereocenters. The number of rotatable bonds is 13. The van der Waals surface area contributed by atoms with Crippen LogP contribution >= 0.6 is 0 Å². The van der Waals surface area contributed by atoms with E-state index < -0.39 is 6.08 Å². The average Bonchev–Trinajstić information content (AvgIpc) is 2.52. The van der Waals surface area contributed by atoms with E-state index in [9.17, 15) is 9.90 Å². The molecule has 0 aromatic carbocycles. The topological polar surface area (TPSA) is 46.5 Å². The Bertz CT molecular complexity index is 384. The normalized spacial score (nSPS) is 15.5. The maximum atomic E-state index is 10.9. The summed E-state index contributed by atoms with van der Waals surface area (Å²) in [6, 6.07) is 0. The van der Waals surface area contributed by atoms with E-state index in [1.165, 1.54) is 32.1 Å². The second kappa shape index (κ2) is 16.0. The van der Waals surface area contributed by atoms with Crippen molar-refractivity contribution in [1.29, 1.82) is 0 Å². The summed E-state index contributed by atoms with van der Waals surface area (Å²) in [5.41, 5.74) is 0. The van der Waals surface area contributed by atoms with E-state index in [4.69, 9.17) is 1.37 Å². The van der Waals surface area contributed by atoms with E-state index in [0.717, 1.165) is 32.1 Å². The van der Waals surface area contributed by atoms with Crippen LogP contribution in [0.4, 0.5) is 0 Å². The lowest BCUT2D eigenvalue weighted by molar-refractivity contribution is -0.140. The molecule has 3 nitrogen and oxygen atoms in total. The van der Waals surface area contributed by atoms with Crippen molar-refractivity contribution < 1.29 is 16.0 Å². The van der Waals surface area contributed by atoms with Crippen LogP contribution < -0.4 is 0 Å². The first-order valence-electron chi connectivity index (χ1n) is 8.81. The summed E-state index contributed by atoms with van der Waals surface area (Å²) < 4.78 is 12.3. The van der Waals surface area contributed by atoms with E-state index in [1.54, 1.807) is 6.08 Å². The van der Waals surface area contributed by atoms with Crippen LogP contribution in [0.3, 0.4) is 0 Å². The van der Waals surface area contributed by atoms with E-state index in [0.29, 0.717) is 12.8 Å². The summed E-state index contributed by atoms with van der Waals surface area (Å²) in [6.07, 6.45) is 17.4. The zero-order valence-electron chi connectivity index (χ0n) is 15.1. The van der Waals surface area contributed by atoms with Crippen LogP contribution in [-0.4, -0.2) is 24.3 Å². The monoisotopic (exact) mass is 309 g/mol. The van der Waals surface area contributed by atoms with Gasteiger partial charge in [-0.05, 0) is 38.5 Å². The van der Waals surface area contributed by atoms with E-state index in [2.05, 4.69) is 17.7 Å². The van der Waals surface area contributed by atoms with Crippen molar-refractivity contribution in [2.45, 2.75) is 70.8 Å². The van der Waals surface area contributed by atoms with Crippen LogP contribution in [-0.2, 0) is 9.53 Å². The molecule has 0 aromatic heterocycles. The number of aliphatic hydroxyl groups is 1. The molecule has 22 heavy (non-hydrogen) atoms. The number of methoxy groups -OCH3 is 1. The smallest absolute Gasteiger partial charge is 0.305 e. The third-order valence-electron chi connectivity index (χ3n) is 3.22. The van der Waals surface area contributed by atoms with Crippen molar-refractivity contribution in [1.82, 2.24) is 0 Å². The lowest BCUT2D eigenvalue weighted by atomic mass is 10.1. The number of carbonyl (C=O) groups excluding carboxylic acids is 1. The van der Waals surface area contributed by atoms with Crippen LogP contribution in [0.2, 0.25) is 0 Å². The maximum absolute atomic E-state index is 10.9. The number of ether oxygens (including phenoxy) is 1. The number of allylic oxidation sites excluding steroid dienone is 4. The molecule has 0 saturated heterocycles. The van der Waals surface area contributed by atoms with E-state index in [-0.39, 0.29) is 5.97 Å². The van der Waals surface area contributed by atoms with Gasteiger partial charge in [0.25, 0.3) is 0 Å². The first kappa shape index (κ1) is 18.7. The molecule has 3 heteroatoms. The molecular weight excluding hydrogens is 276 g/mol. The third kappa shape index (κ3) is 15.0. The number of esters is 1. The first-order valence-corrected chi connectivity index (χ1v) is 8.31. The van der Waals surface area contributed by atoms with Gasteiger partial charge < -0.3 is 9.84 Å². The predicted molar refractivity (Wildman–Crippen MR) is 92.7 cm³/mol. The Hall–Kier alpha value is -1.35. The van der Waals surface area contributed by atoms with Gasteiger partial charge in [-0.15, -0.1) is 0 Å². The molecule has 0 aliphatic rings. The van der Waals surface area contributed by atoms with Gasteiger partial charge in [0, 0.05) is 6.42 Å². The second-order valence-corrected chi connectivity index (χ2v) is 5.25. The Kier molecular flexibility index (Phi) is 13.6. The fourth-order valence-corrected chi connectivity index (χ4v) is 1.89. The highest BCUT2D eigenvalue weighted by Crippen LogP contribution is 2.03. The van der Waals surface area contributed by atoms with Gasteiger partial charge in [0.2, 0.25) is 0 Å². The van der Waals surface area contributed by atoms with E-state index >= 15 is 0 Å². The molecule has 0 unspecified atom stereocenters. The number of hydrogen-bond donors (Lipinski definition) is 1. The van der Waals surface area contributed by atoms with E-state index in [1.807, 2.05) is 12.2 Å². The van der Waals surface area contributed by atoms with Crippen LogP contribution in [0.5, 0.6) is 0 Å². The van der Waals surface area contributed by atoms with Gasteiger partial charge in [0.05, 0.1) is 14.6 Å². The Morgan fingerprint density at radius 2 is 1.77 bits per heavy atom. The summed E-state index contributed by atoms with van der Waals surface area (Å²) in [4.78, 5) is 10.9. The predicted octanol–water partition coefficient (Wildman–Crippen LogP) is 4.72. The molecule has 0 radical (unpaired) electrons. The lowest BCUT2D eigenvalue weighted by Crippen LogP contribution is -1.98. The highest BCUT2D eigenvalue weighted by Gasteiger charge is 1.97. The summed E-state index contributed by atoms with van der Waals surface area (Å²) >= 11 is 0. The minimum Gasteiger partial charge on any atom is -0.469 e. The third-order valence-corrected chi connectivity index (χ3v) is 3.22. The molecule has 0 aromatic rings. The maximum Gasteiger partial charge on any atom is 0.305 e. The Morgan fingerprint density at radius 1 is 1.09 bits per heavy atom. The molecule has 0 rings (SSSR count). The molecule has 1 N–H and O–H groups in total. The van der Waals surface area contributed by atoms with Gasteiger partial charge in [-0.1, -0.05) is 56.2 Å². The standard InChI is InChI=1S/C19H32O3/c1-3-4-5-9-12-15-18(20)16-13-10-7-6-8-11-14-17-19(21)22-2/h6-7,12-13,15-16,18,20H,3-5,8-11,14,17H2,1-2H3/b7-6-,15-12-,16-13-/t18-/m0/s1/i18D. The summed E-state index contributed by atoms with van der Waals surface area (Å²) in [5, 5.41) is 9.84. The largest absolute Gasteiger partial charge is 0.469 e.